The Morgan fingerprint density at radius 3 is 2.32 bits per heavy atom. The van der Waals surface area contributed by atoms with Gasteiger partial charge in [0, 0.05) is 51.4 Å². The van der Waals surface area contributed by atoms with Crippen molar-refractivity contribution in [2.24, 2.45) is 23.7 Å². The van der Waals surface area contributed by atoms with Gasteiger partial charge < -0.3 is 35.6 Å². The highest BCUT2D eigenvalue weighted by atomic mass is 31.2. The SMILES string of the molecule is CCOP(=O)(CCN1CCN(c2cc(N)nc(NCC3CCC(CNCCCNC4C[C@@H]5CC[C@H]4C5)CC3)n2)CC1)OCC. The molecule has 1 aromatic heterocycles. The lowest BCUT2D eigenvalue weighted by Crippen LogP contribution is -2.47. The Balaban J connectivity index is 0.948. The van der Waals surface area contributed by atoms with Crippen molar-refractivity contribution >= 4 is 25.2 Å². The second-order valence-electron chi connectivity index (χ2n) is 13.5. The molecule has 3 saturated carbocycles. The smallest absolute Gasteiger partial charge is 0.331 e. The van der Waals surface area contributed by atoms with Gasteiger partial charge in [0.1, 0.15) is 11.6 Å². The number of piperazine rings is 1. The van der Waals surface area contributed by atoms with Crippen LogP contribution in [-0.4, -0.2) is 99.2 Å². The number of nitrogens with two attached hydrogens (primary N) is 1. The zero-order valence-electron chi connectivity index (χ0n) is 27.4. The molecular weight excluding hydrogens is 575 g/mol. The van der Waals surface area contributed by atoms with E-state index in [0.717, 1.165) is 82.0 Å². The summed E-state index contributed by atoms with van der Waals surface area (Å²) in [5.41, 5.74) is 6.20. The third-order valence-corrected chi connectivity index (χ3v) is 12.4. The molecule has 1 aliphatic heterocycles. The summed E-state index contributed by atoms with van der Waals surface area (Å²) in [6.45, 7) is 12.9. The highest BCUT2D eigenvalue weighted by Crippen LogP contribution is 2.47. The minimum Gasteiger partial charge on any atom is -0.383 e. The van der Waals surface area contributed by atoms with Gasteiger partial charge in [-0.1, -0.05) is 6.42 Å². The average molecular weight is 635 g/mol. The number of nitrogen functional groups attached to an aromatic ring is 1. The summed E-state index contributed by atoms with van der Waals surface area (Å²) in [6.07, 6.45) is 12.6. The van der Waals surface area contributed by atoms with Gasteiger partial charge in [-0.05, 0) is 109 Å². The summed E-state index contributed by atoms with van der Waals surface area (Å²) in [5, 5.41) is 11.1. The first kappa shape index (κ1) is 33.9. The minimum absolute atomic E-state index is 0.397. The molecule has 11 nitrogen and oxygen atoms in total. The van der Waals surface area contributed by atoms with Gasteiger partial charge in [-0.3, -0.25) is 9.46 Å². The highest BCUT2D eigenvalue weighted by Gasteiger charge is 2.38. The zero-order chi connectivity index (χ0) is 30.8. The van der Waals surface area contributed by atoms with Crippen LogP contribution < -0.4 is 26.6 Å². The van der Waals surface area contributed by atoms with Crippen molar-refractivity contribution < 1.29 is 13.6 Å². The molecule has 1 saturated heterocycles. The zero-order valence-corrected chi connectivity index (χ0v) is 28.2. The second-order valence-corrected chi connectivity index (χ2v) is 15.7. The fraction of sp³-hybridized carbons (Fsp3) is 0.875. The first-order valence-electron chi connectivity index (χ1n) is 17.6. The monoisotopic (exact) mass is 634 g/mol. The molecule has 0 amide bonds. The van der Waals surface area contributed by atoms with E-state index in [1.165, 1.54) is 57.8 Å². The third-order valence-electron chi connectivity index (χ3n) is 10.4. The largest absolute Gasteiger partial charge is 0.383 e. The number of fused-ring (bicyclic) bond motifs is 2. The second kappa shape index (κ2) is 16.9. The lowest BCUT2D eigenvalue weighted by molar-refractivity contribution is 0.209. The van der Waals surface area contributed by atoms with Gasteiger partial charge in [0.15, 0.2) is 0 Å². The van der Waals surface area contributed by atoms with Crippen molar-refractivity contribution in [1.82, 2.24) is 25.5 Å². The normalized spacial score (nSPS) is 27.7. The van der Waals surface area contributed by atoms with E-state index >= 15 is 0 Å². The van der Waals surface area contributed by atoms with Crippen LogP contribution in [0.4, 0.5) is 17.6 Å². The number of hydrogen-bond donors (Lipinski definition) is 4. The molecule has 2 bridgehead atoms. The van der Waals surface area contributed by atoms with Crippen molar-refractivity contribution in [2.45, 2.75) is 77.7 Å². The minimum atomic E-state index is -3.02. The Morgan fingerprint density at radius 2 is 1.66 bits per heavy atom. The van der Waals surface area contributed by atoms with E-state index in [1.807, 2.05) is 19.9 Å². The topological polar surface area (TPSA) is 130 Å². The quantitative estimate of drug-likeness (QED) is 0.135. The Bertz CT molecular complexity index is 1040. The first-order chi connectivity index (χ1) is 21.4. The molecule has 250 valence electrons. The fourth-order valence-corrected chi connectivity index (χ4v) is 9.54. The van der Waals surface area contributed by atoms with Crippen molar-refractivity contribution in [2.75, 3.05) is 94.2 Å². The van der Waals surface area contributed by atoms with E-state index in [-0.39, 0.29) is 0 Å². The molecule has 1 unspecified atom stereocenters. The number of nitrogens with zero attached hydrogens (tertiary/aromatic N) is 4. The molecule has 5 rings (SSSR count). The van der Waals surface area contributed by atoms with Crippen LogP contribution in [0.5, 0.6) is 0 Å². The molecule has 0 aromatic carbocycles. The predicted octanol–water partition coefficient (Wildman–Crippen LogP) is 4.42. The molecule has 12 heteroatoms. The van der Waals surface area contributed by atoms with Crippen LogP contribution in [0.25, 0.3) is 0 Å². The van der Waals surface area contributed by atoms with Crippen LogP contribution in [0.3, 0.4) is 0 Å². The lowest BCUT2D eigenvalue weighted by Gasteiger charge is -2.36. The summed E-state index contributed by atoms with van der Waals surface area (Å²) in [4.78, 5) is 13.9. The van der Waals surface area contributed by atoms with Gasteiger partial charge in [-0.2, -0.15) is 9.97 Å². The average Bonchev–Trinajstić information content (AvgIpc) is 3.66. The van der Waals surface area contributed by atoms with Gasteiger partial charge >= 0.3 is 7.60 Å². The molecule has 4 aliphatic rings. The molecule has 3 atom stereocenters. The maximum absolute atomic E-state index is 12.8. The molecule has 44 heavy (non-hydrogen) atoms. The van der Waals surface area contributed by atoms with Gasteiger partial charge in [0.05, 0.1) is 19.4 Å². The first-order valence-corrected chi connectivity index (χ1v) is 19.3. The predicted molar refractivity (Wildman–Crippen MR) is 179 cm³/mol. The number of aromatic nitrogens is 2. The summed E-state index contributed by atoms with van der Waals surface area (Å²) in [5.74, 6) is 5.43. The summed E-state index contributed by atoms with van der Waals surface area (Å²) in [6, 6.07) is 2.68. The molecule has 4 fully saturated rings. The van der Waals surface area contributed by atoms with Crippen LogP contribution in [0.1, 0.15) is 71.6 Å². The summed E-state index contributed by atoms with van der Waals surface area (Å²) in [7, 11) is -3.02. The van der Waals surface area contributed by atoms with Crippen molar-refractivity contribution in [3.05, 3.63) is 6.07 Å². The molecule has 5 N–H and O–H groups in total. The van der Waals surface area contributed by atoms with Crippen molar-refractivity contribution in [3.63, 3.8) is 0 Å². The number of anilines is 3. The molecule has 3 aliphatic carbocycles. The maximum Gasteiger partial charge on any atom is 0.331 e. The Kier molecular flexibility index (Phi) is 13.0. The number of nitrogens with one attached hydrogen (secondary N) is 3. The van der Waals surface area contributed by atoms with Gasteiger partial charge in [-0.15, -0.1) is 0 Å². The summed E-state index contributed by atoms with van der Waals surface area (Å²) < 4.78 is 23.7. The van der Waals surface area contributed by atoms with Gasteiger partial charge in [-0.25, -0.2) is 0 Å². The van der Waals surface area contributed by atoms with Crippen molar-refractivity contribution in [1.29, 1.82) is 0 Å². The van der Waals surface area contributed by atoms with Crippen molar-refractivity contribution in [3.8, 4) is 0 Å². The Morgan fingerprint density at radius 1 is 0.932 bits per heavy atom. The van der Waals surface area contributed by atoms with Crippen LogP contribution in [0.2, 0.25) is 0 Å². The number of hydrogen-bond acceptors (Lipinski definition) is 11. The third kappa shape index (κ3) is 10.0. The molecule has 0 radical (unpaired) electrons. The van der Waals surface area contributed by atoms with E-state index in [0.29, 0.717) is 43.6 Å². The van der Waals surface area contributed by atoms with E-state index in [4.69, 9.17) is 19.8 Å². The Hall–Kier alpha value is -1.49. The molecule has 1 aromatic rings. The molecular formula is C32H59N8O3P. The highest BCUT2D eigenvalue weighted by molar-refractivity contribution is 7.53. The Labute approximate surface area is 265 Å². The van der Waals surface area contributed by atoms with E-state index < -0.39 is 7.60 Å². The van der Waals surface area contributed by atoms with E-state index in [9.17, 15) is 4.57 Å². The van der Waals surface area contributed by atoms with Crippen LogP contribution in [-0.2, 0) is 13.6 Å². The van der Waals surface area contributed by atoms with Gasteiger partial charge in [0.2, 0.25) is 5.95 Å². The van der Waals surface area contributed by atoms with Crippen LogP contribution >= 0.6 is 7.60 Å². The van der Waals surface area contributed by atoms with Crippen LogP contribution in [0.15, 0.2) is 6.07 Å². The standard InChI is InChI=1S/C32H59N8O3P/c1-3-42-44(41,43-4-2)19-18-39-14-16-40(17-15-39)31-22-30(33)37-32(38-31)36-24-26-8-6-25(7-9-26)23-34-12-5-13-35-29-21-27-10-11-28(29)20-27/h22,25-29,34-35H,3-21,23-24H2,1-2H3,(H3,33,36,37,38)/t25?,26?,27-,28+,29?/m1/s1. The van der Waals surface area contributed by atoms with E-state index in [1.54, 1.807) is 0 Å². The molecule has 0 spiro atoms. The number of rotatable bonds is 18. The molecule has 2 heterocycles. The van der Waals surface area contributed by atoms with Gasteiger partial charge in [0.25, 0.3) is 0 Å². The fourth-order valence-electron chi connectivity index (χ4n) is 7.90. The van der Waals surface area contributed by atoms with E-state index in [2.05, 4.69) is 30.7 Å². The maximum atomic E-state index is 12.8. The lowest BCUT2D eigenvalue weighted by atomic mass is 9.82. The van der Waals surface area contributed by atoms with Crippen LogP contribution in [0, 0.1) is 23.7 Å². The summed E-state index contributed by atoms with van der Waals surface area (Å²) >= 11 is 0.